The van der Waals surface area contributed by atoms with Crippen LogP contribution in [0.5, 0.6) is 0 Å². The second kappa shape index (κ2) is 8.03. The quantitative estimate of drug-likeness (QED) is 0.674. The zero-order valence-corrected chi connectivity index (χ0v) is 15.0. The molecular weight excluding hydrogens is 322 g/mol. The van der Waals surface area contributed by atoms with Gasteiger partial charge < -0.3 is 10.2 Å². The number of carbonyl (C=O) groups excluding carboxylic acids is 2. The van der Waals surface area contributed by atoms with Crippen molar-refractivity contribution in [2.24, 2.45) is 0 Å². The minimum Gasteiger partial charge on any atom is -0.333 e. The zero-order valence-electron chi connectivity index (χ0n) is 14.2. The number of likely N-dealkylation sites (tertiary alicyclic amines) is 2. The van der Waals surface area contributed by atoms with Crippen LogP contribution in [-0.2, 0) is 9.59 Å². The highest BCUT2D eigenvalue weighted by atomic mass is 32.2. The molecule has 5 nitrogen and oxygen atoms in total. The van der Waals surface area contributed by atoms with Crippen LogP contribution in [0.4, 0.5) is 5.69 Å². The van der Waals surface area contributed by atoms with Gasteiger partial charge in [0.2, 0.25) is 0 Å². The van der Waals surface area contributed by atoms with Crippen molar-refractivity contribution in [3.05, 3.63) is 24.3 Å². The fourth-order valence-electron chi connectivity index (χ4n) is 3.51. The van der Waals surface area contributed by atoms with Gasteiger partial charge in [0, 0.05) is 29.7 Å². The number of thioether (sulfide) groups is 1. The number of nitrogens with one attached hydrogen (secondary N) is 1. The molecule has 2 aliphatic heterocycles. The van der Waals surface area contributed by atoms with Gasteiger partial charge in [-0.25, -0.2) is 0 Å². The third-order valence-electron chi connectivity index (χ3n) is 4.90. The maximum atomic E-state index is 12.4. The standard InChI is InChI=1S/C18H25N3O2S/c1-24-16-7-5-14(6-8-16)19-17(22)18(23)21-12-9-15(13-21)20-10-3-2-4-11-20/h5-8,15H,2-4,9-13H2,1H3,(H,19,22)/t15-/m1/s1. The molecule has 1 aromatic carbocycles. The van der Waals surface area contributed by atoms with E-state index in [1.54, 1.807) is 16.7 Å². The summed E-state index contributed by atoms with van der Waals surface area (Å²) in [7, 11) is 0. The van der Waals surface area contributed by atoms with Gasteiger partial charge in [-0.05, 0) is 62.9 Å². The minimum atomic E-state index is -0.536. The molecule has 0 aromatic heterocycles. The number of hydrogen-bond donors (Lipinski definition) is 1. The predicted molar refractivity (Wildman–Crippen MR) is 97.3 cm³/mol. The molecule has 1 atom stereocenters. The van der Waals surface area contributed by atoms with Crippen LogP contribution in [0.15, 0.2) is 29.2 Å². The normalized spacial score (nSPS) is 21.7. The maximum Gasteiger partial charge on any atom is 0.313 e. The fraction of sp³-hybridized carbons (Fsp3) is 0.556. The molecule has 1 aromatic rings. The Morgan fingerprint density at radius 2 is 1.79 bits per heavy atom. The van der Waals surface area contributed by atoms with E-state index in [2.05, 4.69) is 10.2 Å². The molecule has 0 bridgehead atoms. The molecule has 0 saturated carbocycles. The number of piperidine rings is 1. The first-order valence-corrected chi connectivity index (χ1v) is 9.88. The molecule has 2 saturated heterocycles. The van der Waals surface area contributed by atoms with Crippen molar-refractivity contribution in [1.82, 2.24) is 9.80 Å². The van der Waals surface area contributed by atoms with Crippen molar-refractivity contribution in [1.29, 1.82) is 0 Å². The van der Waals surface area contributed by atoms with Gasteiger partial charge in [0.15, 0.2) is 0 Å². The number of rotatable bonds is 3. The van der Waals surface area contributed by atoms with E-state index in [4.69, 9.17) is 0 Å². The Bertz CT molecular complexity index is 584. The van der Waals surface area contributed by atoms with Crippen molar-refractivity contribution in [3.63, 3.8) is 0 Å². The van der Waals surface area contributed by atoms with Crippen LogP contribution >= 0.6 is 11.8 Å². The van der Waals surface area contributed by atoms with Crippen molar-refractivity contribution in [2.75, 3.05) is 37.8 Å². The number of nitrogens with zero attached hydrogens (tertiary/aromatic N) is 2. The lowest BCUT2D eigenvalue weighted by atomic mass is 10.1. The average Bonchev–Trinajstić information content (AvgIpc) is 3.12. The summed E-state index contributed by atoms with van der Waals surface area (Å²) in [4.78, 5) is 29.9. The van der Waals surface area contributed by atoms with Crippen LogP contribution in [0.1, 0.15) is 25.7 Å². The number of anilines is 1. The van der Waals surface area contributed by atoms with E-state index in [0.29, 0.717) is 24.8 Å². The number of amides is 2. The molecule has 2 fully saturated rings. The number of benzene rings is 1. The second-order valence-electron chi connectivity index (χ2n) is 6.47. The Morgan fingerprint density at radius 3 is 2.46 bits per heavy atom. The molecule has 0 radical (unpaired) electrons. The maximum absolute atomic E-state index is 12.4. The molecule has 2 heterocycles. The lowest BCUT2D eigenvalue weighted by Gasteiger charge is -2.32. The first-order valence-electron chi connectivity index (χ1n) is 8.66. The van der Waals surface area contributed by atoms with E-state index in [9.17, 15) is 9.59 Å². The molecule has 6 heteroatoms. The molecule has 24 heavy (non-hydrogen) atoms. The van der Waals surface area contributed by atoms with Crippen molar-refractivity contribution in [2.45, 2.75) is 36.6 Å². The van der Waals surface area contributed by atoms with Gasteiger partial charge in [-0.3, -0.25) is 14.5 Å². The van der Waals surface area contributed by atoms with Gasteiger partial charge in [0.05, 0.1) is 0 Å². The number of carbonyl (C=O) groups is 2. The summed E-state index contributed by atoms with van der Waals surface area (Å²) in [6.45, 7) is 3.61. The third kappa shape index (κ3) is 4.11. The molecule has 1 N–H and O–H groups in total. The van der Waals surface area contributed by atoms with Crippen LogP contribution in [-0.4, -0.2) is 60.1 Å². The van der Waals surface area contributed by atoms with Crippen LogP contribution in [0.25, 0.3) is 0 Å². The predicted octanol–water partition coefficient (Wildman–Crippen LogP) is 2.43. The van der Waals surface area contributed by atoms with E-state index in [1.807, 2.05) is 30.5 Å². The van der Waals surface area contributed by atoms with Crippen LogP contribution in [0.3, 0.4) is 0 Å². The highest BCUT2D eigenvalue weighted by Gasteiger charge is 2.33. The molecule has 2 amide bonds. The summed E-state index contributed by atoms with van der Waals surface area (Å²) >= 11 is 1.64. The Morgan fingerprint density at radius 1 is 1.08 bits per heavy atom. The van der Waals surface area contributed by atoms with E-state index >= 15 is 0 Å². The van der Waals surface area contributed by atoms with Gasteiger partial charge >= 0.3 is 11.8 Å². The van der Waals surface area contributed by atoms with E-state index in [1.165, 1.54) is 19.3 Å². The summed E-state index contributed by atoms with van der Waals surface area (Å²) in [5, 5.41) is 2.71. The SMILES string of the molecule is CSc1ccc(NC(=O)C(=O)N2CC[C@@H](N3CCCCC3)C2)cc1. The Labute approximate surface area is 147 Å². The largest absolute Gasteiger partial charge is 0.333 e. The first-order chi connectivity index (χ1) is 11.7. The van der Waals surface area contributed by atoms with E-state index in [-0.39, 0.29) is 0 Å². The Kier molecular flexibility index (Phi) is 5.79. The smallest absolute Gasteiger partial charge is 0.313 e. The molecule has 2 aliphatic rings. The van der Waals surface area contributed by atoms with E-state index < -0.39 is 11.8 Å². The first kappa shape index (κ1) is 17.3. The van der Waals surface area contributed by atoms with Gasteiger partial charge in [-0.15, -0.1) is 11.8 Å². The second-order valence-corrected chi connectivity index (χ2v) is 7.35. The third-order valence-corrected chi connectivity index (χ3v) is 5.64. The van der Waals surface area contributed by atoms with Crippen molar-refractivity contribution >= 4 is 29.3 Å². The topological polar surface area (TPSA) is 52.7 Å². The summed E-state index contributed by atoms with van der Waals surface area (Å²) in [6, 6.07) is 7.96. The average molecular weight is 347 g/mol. The molecule has 0 spiro atoms. The highest BCUT2D eigenvalue weighted by molar-refractivity contribution is 7.98. The minimum absolute atomic E-state index is 0.413. The summed E-state index contributed by atoms with van der Waals surface area (Å²) in [6.07, 6.45) is 6.78. The monoisotopic (exact) mass is 347 g/mol. The summed E-state index contributed by atoms with van der Waals surface area (Å²) < 4.78 is 0. The summed E-state index contributed by atoms with van der Waals surface area (Å²) in [5.41, 5.74) is 0.665. The molecule has 0 unspecified atom stereocenters. The van der Waals surface area contributed by atoms with Gasteiger partial charge in [0.1, 0.15) is 0 Å². The van der Waals surface area contributed by atoms with Crippen molar-refractivity contribution < 1.29 is 9.59 Å². The molecule has 130 valence electrons. The fourth-order valence-corrected chi connectivity index (χ4v) is 3.92. The van der Waals surface area contributed by atoms with Crippen LogP contribution < -0.4 is 5.32 Å². The lowest BCUT2D eigenvalue weighted by molar-refractivity contribution is -0.142. The number of hydrogen-bond acceptors (Lipinski definition) is 4. The zero-order chi connectivity index (χ0) is 16.9. The van der Waals surface area contributed by atoms with Gasteiger partial charge in [-0.2, -0.15) is 0 Å². The van der Waals surface area contributed by atoms with Gasteiger partial charge in [0.25, 0.3) is 0 Å². The highest BCUT2D eigenvalue weighted by Crippen LogP contribution is 2.21. The Balaban J connectivity index is 1.52. The molecule has 0 aliphatic carbocycles. The van der Waals surface area contributed by atoms with Crippen LogP contribution in [0.2, 0.25) is 0 Å². The van der Waals surface area contributed by atoms with E-state index in [0.717, 1.165) is 24.4 Å². The lowest BCUT2D eigenvalue weighted by Crippen LogP contribution is -2.43. The Hall–Kier alpha value is -1.53. The van der Waals surface area contributed by atoms with Crippen LogP contribution in [0, 0.1) is 0 Å². The molecular formula is C18H25N3O2S. The van der Waals surface area contributed by atoms with Gasteiger partial charge in [-0.1, -0.05) is 6.42 Å². The van der Waals surface area contributed by atoms with Crippen molar-refractivity contribution in [3.8, 4) is 0 Å². The molecule has 3 rings (SSSR count). The summed E-state index contributed by atoms with van der Waals surface area (Å²) in [5.74, 6) is -0.949.